The Labute approximate surface area is 215 Å². The fourth-order valence-corrected chi connectivity index (χ4v) is 5.55. The zero-order valence-corrected chi connectivity index (χ0v) is 21.4. The Morgan fingerprint density at radius 2 is 1.69 bits per heavy atom. The van der Waals surface area contributed by atoms with E-state index >= 15 is 0 Å². The van der Waals surface area contributed by atoms with Crippen LogP contribution in [0.3, 0.4) is 0 Å². The van der Waals surface area contributed by atoms with Crippen LogP contribution < -0.4 is 5.32 Å². The van der Waals surface area contributed by atoms with E-state index in [0.29, 0.717) is 43.8 Å². The van der Waals surface area contributed by atoms with Gasteiger partial charge in [0.15, 0.2) is 0 Å². The van der Waals surface area contributed by atoms with Gasteiger partial charge in [-0.15, -0.1) is 5.92 Å². The summed E-state index contributed by atoms with van der Waals surface area (Å²) in [5, 5.41) is 2.74. The molecule has 2 heterocycles. The third-order valence-electron chi connectivity index (χ3n) is 7.19. The molecule has 2 aliphatic rings. The van der Waals surface area contributed by atoms with Crippen molar-refractivity contribution in [2.45, 2.75) is 52.4 Å². The molecule has 186 valence electrons. The third-order valence-corrected chi connectivity index (χ3v) is 7.41. The lowest BCUT2D eigenvalue weighted by atomic mass is 9.62. The molecular formula is C28H28ClN3O4. The molecule has 0 bridgehead atoms. The van der Waals surface area contributed by atoms with Gasteiger partial charge in [-0.1, -0.05) is 17.5 Å². The largest absolute Gasteiger partial charge is 0.324 e. The van der Waals surface area contributed by atoms with Gasteiger partial charge in [-0.25, -0.2) is 9.78 Å². The second kappa shape index (κ2) is 10.2. The zero-order chi connectivity index (χ0) is 26.0. The molecule has 1 aromatic heterocycles. The number of ketones is 2. The Morgan fingerprint density at radius 1 is 1.08 bits per heavy atom. The van der Waals surface area contributed by atoms with E-state index in [2.05, 4.69) is 22.1 Å². The van der Waals surface area contributed by atoms with E-state index in [9.17, 15) is 19.2 Å². The summed E-state index contributed by atoms with van der Waals surface area (Å²) < 4.78 is 0. The quantitative estimate of drug-likeness (QED) is 0.483. The molecule has 36 heavy (non-hydrogen) atoms. The summed E-state index contributed by atoms with van der Waals surface area (Å²) in [6.45, 7) is 6.34. The molecule has 3 amide bonds. The number of aromatic nitrogens is 1. The molecule has 1 aromatic carbocycles. The number of amides is 3. The fraction of sp³-hybridized carbons (Fsp3) is 0.393. The minimum absolute atomic E-state index is 0.0614. The number of pyridine rings is 1. The van der Waals surface area contributed by atoms with Crippen LogP contribution in [0.5, 0.6) is 0 Å². The Balaban J connectivity index is 1.41. The predicted octanol–water partition coefficient (Wildman–Crippen LogP) is 4.37. The van der Waals surface area contributed by atoms with Crippen molar-refractivity contribution in [3.8, 4) is 11.8 Å². The van der Waals surface area contributed by atoms with Gasteiger partial charge in [0.25, 0.3) is 5.91 Å². The van der Waals surface area contributed by atoms with E-state index in [4.69, 9.17) is 11.6 Å². The van der Waals surface area contributed by atoms with Gasteiger partial charge in [0.05, 0.1) is 5.02 Å². The minimum atomic E-state index is -0.745. The summed E-state index contributed by atoms with van der Waals surface area (Å²) >= 11 is 5.79. The first-order valence-corrected chi connectivity index (χ1v) is 12.3. The van der Waals surface area contributed by atoms with Gasteiger partial charge in [0.1, 0.15) is 23.2 Å². The van der Waals surface area contributed by atoms with Crippen molar-refractivity contribution in [2.24, 2.45) is 5.41 Å². The second-order valence-electron chi connectivity index (χ2n) is 9.73. The van der Waals surface area contributed by atoms with Crippen LogP contribution in [0.15, 0.2) is 30.5 Å². The summed E-state index contributed by atoms with van der Waals surface area (Å²) in [6, 6.07) is 6.32. The molecule has 0 unspecified atom stereocenters. The molecule has 8 heteroatoms. The van der Waals surface area contributed by atoms with Crippen molar-refractivity contribution in [2.75, 3.05) is 13.1 Å². The molecule has 1 saturated heterocycles. The highest BCUT2D eigenvalue weighted by molar-refractivity contribution is 6.30. The number of carbonyl (C=O) groups excluding carboxylic acids is 4. The highest BCUT2D eigenvalue weighted by Gasteiger charge is 2.47. The average Bonchev–Trinajstić information content (AvgIpc) is 2.81. The summed E-state index contributed by atoms with van der Waals surface area (Å²) in [7, 11) is 0. The molecule has 4 rings (SSSR count). The predicted molar refractivity (Wildman–Crippen MR) is 136 cm³/mol. The van der Waals surface area contributed by atoms with Crippen LogP contribution in [0.2, 0.25) is 5.02 Å². The number of benzene rings is 1. The molecule has 1 spiro atoms. The van der Waals surface area contributed by atoms with Crippen LogP contribution in [0.25, 0.3) is 0 Å². The van der Waals surface area contributed by atoms with Crippen molar-refractivity contribution in [3.63, 3.8) is 0 Å². The summed E-state index contributed by atoms with van der Waals surface area (Å²) in [5.41, 5.74) is 3.13. The number of Topliss-reactive ketones (excluding diaryl/α,β-unsaturated/α-hetero) is 2. The van der Waals surface area contributed by atoms with E-state index < -0.39 is 23.3 Å². The van der Waals surface area contributed by atoms with Crippen LogP contribution >= 0.6 is 11.6 Å². The van der Waals surface area contributed by atoms with E-state index in [1.807, 2.05) is 26.0 Å². The lowest BCUT2D eigenvalue weighted by Gasteiger charge is -2.44. The zero-order valence-electron chi connectivity index (χ0n) is 20.6. The lowest BCUT2D eigenvalue weighted by Crippen LogP contribution is -2.51. The number of urea groups is 1. The number of hydrogen-bond acceptors (Lipinski definition) is 5. The lowest BCUT2D eigenvalue weighted by molar-refractivity contribution is -0.138. The molecule has 1 aliphatic carbocycles. The second-order valence-corrected chi connectivity index (χ2v) is 10.2. The van der Waals surface area contributed by atoms with Crippen LogP contribution in [0, 0.1) is 31.1 Å². The molecular weight excluding hydrogens is 478 g/mol. The van der Waals surface area contributed by atoms with E-state index in [1.165, 1.54) is 18.3 Å². The fourth-order valence-electron chi connectivity index (χ4n) is 5.44. The van der Waals surface area contributed by atoms with Gasteiger partial charge in [-0.2, -0.15) is 0 Å². The third kappa shape index (κ3) is 5.19. The van der Waals surface area contributed by atoms with Gasteiger partial charge in [-0.05, 0) is 80.0 Å². The highest BCUT2D eigenvalue weighted by atomic mass is 35.5. The van der Waals surface area contributed by atoms with Crippen molar-refractivity contribution in [1.82, 2.24) is 15.2 Å². The number of aryl methyl sites for hydroxylation is 2. The highest BCUT2D eigenvalue weighted by Crippen LogP contribution is 2.46. The summed E-state index contributed by atoms with van der Waals surface area (Å²) in [6.07, 6.45) is 3.01. The number of nitrogens with zero attached hydrogens (tertiary/aromatic N) is 2. The summed E-state index contributed by atoms with van der Waals surface area (Å²) in [5.74, 6) is 4.45. The maximum Gasteiger partial charge on any atom is 0.324 e. The van der Waals surface area contributed by atoms with Gasteiger partial charge < -0.3 is 4.90 Å². The Hall–Kier alpha value is -3.50. The number of halogens is 1. The first-order chi connectivity index (χ1) is 17.1. The van der Waals surface area contributed by atoms with Crippen molar-refractivity contribution in [1.29, 1.82) is 0 Å². The van der Waals surface area contributed by atoms with Crippen molar-refractivity contribution >= 4 is 35.1 Å². The van der Waals surface area contributed by atoms with Gasteiger partial charge in [-0.3, -0.25) is 19.7 Å². The molecule has 7 nitrogen and oxygen atoms in total. The molecule has 1 saturated carbocycles. The molecule has 1 aliphatic heterocycles. The van der Waals surface area contributed by atoms with E-state index in [0.717, 1.165) is 22.3 Å². The normalized spacial score (nSPS) is 17.5. The number of rotatable bonds is 2. The van der Waals surface area contributed by atoms with Gasteiger partial charge in [0, 0.05) is 37.7 Å². The Kier molecular flexibility index (Phi) is 7.28. The minimum Gasteiger partial charge on any atom is -0.324 e. The number of carbonyl (C=O) groups is 4. The number of imide groups is 1. The number of piperidine rings is 1. The van der Waals surface area contributed by atoms with Crippen LogP contribution in [-0.4, -0.2) is 46.5 Å². The van der Waals surface area contributed by atoms with Crippen LogP contribution in [0.4, 0.5) is 4.79 Å². The van der Waals surface area contributed by atoms with E-state index in [1.54, 1.807) is 11.8 Å². The molecule has 2 aromatic rings. The SMILES string of the molecule is CC#Cc1cc(C)c(C2C(=O)CC3(CCN(C(=O)NC(=O)c4ccc(Cl)cn4)CC3)CC2=O)c(C)c1. The maximum atomic E-state index is 13.3. The number of nitrogens with one attached hydrogen (secondary N) is 1. The first-order valence-electron chi connectivity index (χ1n) is 11.9. The maximum absolute atomic E-state index is 13.3. The van der Waals surface area contributed by atoms with E-state index in [-0.39, 0.29) is 17.3 Å². The topological polar surface area (TPSA) is 96.4 Å². The van der Waals surface area contributed by atoms with Gasteiger partial charge >= 0.3 is 6.03 Å². The standard InChI is InChI=1S/C28H28ClN3O4/c1-4-5-19-12-17(2)24(18(3)13-19)25-22(33)14-28(15-23(25)34)8-10-32(11-9-28)27(36)31-26(35)21-7-6-20(29)16-30-21/h6-7,12-13,16,25H,8-11,14-15H2,1-3H3,(H,31,35,36). The molecule has 1 N–H and O–H groups in total. The van der Waals surface area contributed by atoms with Crippen LogP contribution in [-0.2, 0) is 9.59 Å². The number of hydrogen-bond donors (Lipinski definition) is 1. The van der Waals surface area contributed by atoms with Crippen LogP contribution in [0.1, 0.15) is 71.3 Å². The first kappa shape index (κ1) is 25.6. The van der Waals surface area contributed by atoms with Crippen molar-refractivity contribution < 1.29 is 19.2 Å². The monoisotopic (exact) mass is 505 g/mol. The molecule has 2 fully saturated rings. The summed E-state index contributed by atoms with van der Waals surface area (Å²) in [4.78, 5) is 57.1. The molecule has 0 radical (unpaired) electrons. The Bertz CT molecular complexity index is 1260. The van der Waals surface area contributed by atoms with Crippen molar-refractivity contribution in [3.05, 3.63) is 63.4 Å². The number of likely N-dealkylation sites (tertiary alicyclic amines) is 1. The average molecular weight is 506 g/mol. The Morgan fingerprint density at radius 3 is 2.22 bits per heavy atom. The van der Waals surface area contributed by atoms with Gasteiger partial charge in [0.2, 0.25) is 0 Å². The molecule has 0 atom stereocenters. The smallest absolute Gasteiger partial charge is 0.324 e.